The van der Waals surface area contributed by atoms with Gasteiger partial charge in [-0.3, -0.25) is 4.79 Å². The Morgan fingerprint density at radius 3 is 2.63 bits per heavy atom. The Hall–Kier alpha value is -0.770. The average molecular weight is 356 g/mol. The van der Waals surface area contributed by atoms with Crippen LogP contribution in [0, 0.1) is 0 Å². The summed E-state index contributed by atoms with van der Waals surface area (Å²) in [5.74, 6) is 0.0863. The molecule has 0 saturated carbocycles. The molecule has 0 saturated heterocycles. The zero-order chi connectivity index (χ0) is 13.8. The van der Waals surface area contributed by atoms with Crippen molar-refractivity contribution in [2.24, 2.45) is 0 Å². The maximum absolute atomic E-state index is 12.3. The highest BCUT2D eigenvalue weighted by atomic mass is 79.9. The largest absolute Gasteiger partial charge is 0.293 e. The van der Waals surface area contributed by atoms with Gasteiger partial charge in [0.15, 0.2) is 5.78 Å². The molecule has 2 aromatic carbocycles. The zero-order valence-electron chi connectivity index (χ0n) is 10.3. The van der Waals surface area contributed by atoms with Gasteiger partial charge in [-0.05, 0) is 47.1 Å². The van der Waals surface area contributed by atoms with Crippen molar-refractivity contribution < 1.29 is 4.79 Å². The van der Waals surface area contributed by atoms with E-state index in [2.05, 4.69) is 15.9 Å². The summed E-state index contributed by atoms with van der Waals surface area (Å²) < 4.78 is 1.01. The van der Waals surface area contributed by atoms with E-state index < -0.39 is 0 Å². The molecule has 0 aromatic heterocycles. The molecule has 0 heterocycles. The molecule has 0 N–H and O–H groups in total. The molecule has 1 atom stereocenters. The molecule has 1 unspecified atom stereocenters. The first-order valence-corrected chi connectivity index (χ1v) is 7.84. The Kier molecular flexibility index (Phi) is 5.08. The number of ketones is 1. The summed E-state index contributed by atoms with van der Waals surface area (Å²) in [4.78, 5) is 13.4. The SMILES string of the molecule is CC(Sc1ccccc1Br)C(=O)c1cccc(Cl)c1. The van der Waals surface area contributed by atoms with E-state index in [4.69, 9.17) is 11.6 Å². The molecular formula is C15H12BrClOS. The molecule has 2 rings (SSSR count). The summed E-state index contributed by atoms with van der Waals surface area (Å²) in [6.45, 7) is 1.91. The second-order valence-corrected chi connectivity index (χ2v) is 6.74. The van der Waals surface area contributed by atoms with E-state index in [1.807, 2.05) is 31.2 Å². The Bertz CT molecular complexity index is 600. The van der Waals surface area contributed by atoms with Crippen LogP contribution in [0.2, 0.25) is 5.02 Å². The molecule has 4 heteroatoms. The van der Waals surface area contributed by atoms with Crippen LogP contribution in [0.15, 0.2) is 57.9 Å². The van der Waals surface area contributed by atoms with Crippen LogP contribution in [0.1, 0.15) is 17.3 Å². The van der Waals surface area contributed by atoms with Crippen LogP contribution in [0.3, 0.4) is 0 Å². The van der Waals surface area contributed by atoms with E-state index in [9.17, 15) is 4.79 Å². The van der Waals surface area contributed by atoms with Crippen molar-refractivity contribution in [3.8, 4) is 0 Å². The summed E-state index contributed by atoms with van der Waals surface area (Å²) in [5, 5.41) is 0.432. The van der Waals surface area contributed by atoms with Crippen molar-refractivity contribution in [1.29, 1.82) is 0 Å². The maximum atomic E-state index is 12.3. The number of rotatable bonds is 4. The second kappa shape index (κ2) is 6.60. The van der Waals surface area contributed by atoms with Gasteiger partial charge in [-0.25, -0.2) is 0 Å². The van der Waals surface area contributed by atoms with E-state index in [-0.39, 0.29) is 11.0 Å². The average Bonchev–Trinajstić information content (AvgIpc) is 2.40. The van der Waals surface area contributed by atoms with Gasteiger partial charge in [0, 0.05) is 20.0 Å². The molecule has 2 aromatic rings. The topological polar surface area (TPSA) is 17.1 Å². The fraction of sp³-hybridized carbons (Fsp3) is 0.133. The third kappa shape index (κ3) is 3.85. The first kappa shape index (κ1) is 14.6. The smallest absolute Gasteiger partial charge is 0.175 e. The predicted molar refractivity (Wildman–Crippen MR) is 85.2 cm³/mol. The van der Waals surface area contributed by atoms with Crippen molar-refractivity contribution >= 4 is 45.1 Å². The zero-order valence-corrected chi connectivity index (χ0v) is 13.4. The lowest BCUT2D eigenvalue weighted by atomic mass is 10.1. The van der Waals surface area contributed by atoms with Gasteiger partial charge in [-0.15, -0.1) is 11.8 Å². The fourth-order valence-corrected chi connectivity index (χ4v) is 3.38. The molecule has 0 aliphatic rings. The number of benzene rings is 2. The second-order valence-electron chi connectivity index (χ2n) is 4.07. The predicted octanol–water partition coefficient (Wildman–Crippen LogP) is 5.47. The lowest BCUT2D eigenvalue weighted by molar-refractivity contribution is 0.0994. The number of carbonyl (C=O) groups is 1. The molecule has 0 amide bonds. The number of carbonyl (C=O) groups excluding carboxylic acids is 1. The van der Waals surface area contributed by atoms with Gasteiger partial charge < -0.3 is 0 Å². The van der Waals surface area contributed by atoms with E-state index in [0.717, 1.165) is 9.37 Å². The van der Waals surface area contributed by atoms with E-state index in [1.54, 1.807) is 24.3 Å². The Morgan fingerprint density at radius 2 is 1.95 bits per heavy atom. The molecule has 19 heavy (non-hydrogen) atoms. The quantitative estimate of drug-likeness (QED) is 0.534. The molecule has 0 aliphatic carbocycles. The Balaban J connectivity index is 2.14. The maximum Gasteiger partial charge on any atom is 0.175 e. The molecule has 98 valence electrons. The summed E-state index contributed by atoms with van der Waals surface area (Å²) in [6, 6.07) is 15.0. The Labute approximate surface area is 130 Å². The van der Waals surface area contributed by atoms with E-state index in [0.29, 0.717) is 10.6 Å². The highest BCUT2D eigenvalue weighted by Gasteiger charge is 2.17. The molecule has 0 aliphatic heterocycles. The highest BCUT2D eigenvalue weighted by Crippen LogP contribution is 2.31. The lowest BCUT2D eigenvalue weighted by Crippen LogP contribution is -2.13. The van der Waals surface area contributed by atoms with Gasteiger partial charge in [0.1, 0.15) is 0 Å². The minimum Gasteiger partial charge on any atom is -0.293 e. The van der Waals surface area contributed by atoms with Crippen LogP contribution in [0.5, 0.6) is 0 Å². The van der Waals surface area contributed by atoms with Gasteiger partial charge in [-0.2, -0.15) is 0 Å². The molecule has 0 fully saturated rings. The van der Waals surface area contributed by atoms with Crippen molar-refractivity contribution in [2.45, 2.75) is 17.1 Å². The van der Waals surface area contributed by atoms with Crippen LogP contribution in [-0.2, 0) is 0 Å². The summed E-state index contributed by atoms with van der Waals surface area (Å²) in [6.07, 6.45) is 0. The standard InChI is InChI=1S/C15H12BrClOS/c1-10(19-14-8-3-2-7-13(14)16)15(18)11-5-4-6-12(17)9-11/h2-10H,1H3. The lowest BCUT2D eigenvalue weighted by Gasteiger charge is -2.11. The summed E-state index contributed by atoms with van der Waals surface area (Å²) >= 11 is 10.9. The molecular weight excluding hydrogens is 344 g/mol. The van der Waals surface area contributed by atoms with E-state index in [1.165, 1.54) is 11.8 Å². The first-order chi connectivity index (χ1) is 9.08. The molecule has 1 nitrogen and oxygen atoms in total. The third-order valence-electron chi connectivity index (χ3n) is 2.62. The molecule has 0 spiro atoms. The minimum absolute atomic E-state index is 0.0863. The van der Waals surface area contributed by atoms with Crippen LogP contribution >= 0.6 is 39.3 Å². The van der Waals surface area contributed by atoms with Crippen molar-refractivity contribution in [2.75, 3.05) is 0 Å². The summed E-state index contributed by atoms with van der Waals surface area (Å²) in [7, 11) is 0. The highest BCUT2D eigenvalue weighted by molar-refractivity contribution is 9.10. The van der Waals surface area contributed by atoms with Gasteiger partial charge in [-0.1, -0.05) is 35.9 Å². The monoisotopic (exact) mass is 354 g/mol. The minimum atomic E-state index is -0.155. The number of Topliss-reactive ketones (excluding diaryl/α,β-unsaturated/α-hetero) is 1. The number of thioether (sulfide) groups is 1. The molecule has 0 radical (unpaired) electrons. The number of halogens is 2. The van der Waals surface area contributed by atoms with Crippen LogP contribution in [-0.4, -0.2) is 11.0 Å². The third-order valence-corrected chi connectivity index (χ3v) is 4.99. The van der Waals surface area contributed by atoms with Crippen molar-refractivity contribution in [1.82, 2.24) is 0 Å². The fourth-order valence-electron chi connectivity index (χ4n) is 1.66. The van der Waals surface area contributed by atoms with Crippen LogP contribution in [0.4, 0.5) is 0 Å². The first-order valence-electron chi connectivity index (χ1n) is 5.79. The summed E-state index contributed by atoms with van der Waals surface area (Å²) in [5.41, 5.74) is 0.652. The van der Waals surface area contributed by atoms with Crippen molar-refractivity contribution in [3.05, 3.63) is 63.6 Å². The van der Waals surface area contributed by atoms with Crippen LogP contribution < -0.4 is 0 Å². The van der Waals surface area contributed by atoms with Gasteiger partial charge in [0.2, 0.25) is 0 Å². The van der Waals surface area contributed by atoms with Gasteiger partial charge in [0.05, 0.1) is 5.25 Å². The van der Waals surface area contributed by atoms with E-state index >= 15 is 0 Å². The van der Waals surface area contributed by atoms with Gasteiger partial charge >= 0.3 is 0 Å². The molecule has 0 bridgehead atoms. The normalized spacial score (nSPS) is 12.2. The Morgan fingerprint density at radius 1 is 1.21 bits per heavy atom. The van der Waals surface area contributed by atoms with Gasteiger partial charge in [0.25, 0.3) is 0 Å². The van der Waals surface area contributed by atoms with Crippen molar-refractivity contribution in [3.63, 3.8) is 0 Å². The van der Waals surface area contributed by atoms with Crippen LogP contribution in [0.25, 0.3) is 0 Å². The number of hydrogen-bond donors (Lipinski definition) is 0. The number of hydrogen-bond acceptors (Lipinski definition) is 2.